The van der Waals surface area contributed by atoms with Gasteiger partial charge in [0.15, 0.2) is 0 Å². The van der Waals surface area contributed by atoms with Gasteiger partial charge in [-0.15, -0.1) is 0 Å². The van der Waals surface area contributed by atoms with E-state index < -0.39 is 0 Å². The summed E-state index contributed by atoms with van der Waals surface area (Å²) in [6, 6.07) is 0. The first-order valence-corrected chi connectivity index (χ1v) is 4.78. The van der Waals surface area contributed by atoms with E-state index in [9.17, 15) is 0 Å². The van der Waals surface area contributed by atoms with Crippen molar-refractivity contribution in [1.82, 2.24) is 0 Å². The molecule has 0 aliphatic rings. The fourth-order valence-electron chi connectivity index (χ4n) is 1.16. The molecular formula is C9H22N2. The summed E-state index contributed by atoms with van der Waals surface area (Å²) in [4.78, 5) is 0. The summed E-state index contributed by atoms with van der Waals surface area (Å²) in [6.45, 7) is 2.23. The minimum atomic E-state index is -0.0961. The predicted octanol–water partition coefficient (Wildman–Crippen LogP) is 1.98. The lowest BCUT2D eigenvalue weighted by atomic mass is 10.1. The van der Waals surface area contributed by atoms with Crippen LogP contribution in [0.1, 0.15) is 51.9 Å². The van der Waals surface area contributed by atoms with Gasteiger partial charge >= 0.3 is 0 Å². The Labute approximate surface area is 70.3 Å². The van der Waals surface area contributed by atoms with E-state index >= 15 is 0 Å². The quantitative estimate of drug-likeness (QED) is 0.439. The minimum Gasteiger partial charge on any atom is -0.316 e. The molecule has 0 saturated carbocycles. The Balaban J connectivity index is 2.80. The van der Waals surface area contributed by atoms with Crippen LogP contribution in [0.2, 0.25) is 0 Å². The third-order valence-corrected chi connectivity index (χ3v) is 1.89. The number of unbranched alkanes of at least 4 members (excludes halogenated alkanes) is 5. The van der Waals surface area contributed by atoms with Gasteiger partial charge in [-0.2, -0.15) is 0 Å². The second kappa shape index (κ2) is 8.02. The molecule has 4 N–H and O–H groups in total. The van der Waals surface area contributed by atoms with Crippen molar-refractivity contribution in [2.75, 3.05) is 0 Å². The van der Waals surface area contributed by atoms with Crippen molar-refractivity contribution in [3.8, 4) is 0 Å². The second-order valence-corrected chi connectivity index (χ2v) is 3.22. The van der Waals surface area contributed by atoms with E-state index in [1.807, 2.05) is 0 Å². The monoisotopic (exact) mass is 158 g/mol. The summed E-state index contributed by atoms with van der Waals surface area (Å²) in [7, 11) is 0. The first kappa shape index (κ1) is 10.9. The molecule has 2 heteroatoms. The van der Waals surface area contributed by atoms with Crippen LogP contribution in [0.3, 0.4) is 0 Å². The maximum Gasteiger partial charge on any atom is 0.0520 e. The topological polar surface area (TPSA) is 52.0 Å². The third-order valence-electron chi connectivity index (χ3n) is 1.89. The van der Waals surface area contributed by atoms with Gasteiger partial charge in [-0.25, -0.2) is 0 Å². The first-order valence-electron chi connectivity index (χ1n) is 4.78. The summed E-state index contributed by atoms with van der Waals surface area (Å²) in [5, 5.41) is 0. The highest BCUT2D eigenvalue weighted by Crippen LogP contribution is 2.06. The molecule has 11 heavy (non-hydrogen) atoms. The van der Waals surface area contributed by atoms with Gasteiger partial charge in [0.2, 0.25) is 0 Å². The van der Waals surface area contributed by atoms with Crippen LogP contribution >= 0.6 is 0 Å². The normalized spacial score (nSPS) is 10.9. The molecule has 0 fully saturated rings. The van der Waals surface area contributed by atoms with Crippen molar-refractivity contribution in [3.63, 3.8) is 0 Å². The molecule has 0 aliphatic heterocycles. The molecule has 0 spiro atoms. The summed E-state index contributed by atoms with van der Waals surface area (Å²) in [6.07, 6.45) is 8.78. The lowest BCUT2D eigenvalue weighted by Crippen LogP contribution is -2.29. The molecule has 0 heterocycles. The van der Waals surface area contributed by atoms with E-state index in [4.69, 9.17) is 11.5 Å². The molecular weight excluding hydrogens is 136 g/mol. The first-order chi connectivity index (χ1) is 5.27. The van der Waals surface area contributed by atoms with Gasteiger partial charge in [0.1, 0.15) is 0 Å². The van der Waals surface area contributed by atoms with E-state index in [0.29, 0.717) is 0 Å². The number of nitrogens with two attached hydrogens (primary N) is 2. The maximum absolute atomic E-state index is 5.41. The minimum absolute atomic E-state index is 0.0961. The molecule has 0 atom stereocenters. The van der Waals surface area contributed by atoms with Crippen LogP contribution < -0.4 is 11.5 Å². The Morgan fingerprint density at radius 2 is 1.45 bits per heavy atom. The average Bonchev–Trinajstić information content (AvgIpc) is 1.96. The highest BCUT2D eigenvalue weighted by Gasteiger charge is 1.93. The molecule has 0 aromatic heterocycles. The van der Waals surface area contributed by atoms with Gasteiger partial charge < -0.3 is 11.5 Å². The van der Waals surface area contributed by atoms with Crippen LogP contribution in [0.25, 0.3) is 0 Å². The van der Waals surface area contributed by atoms with Gasteiger partial charge in [0.25, 0.3) is 0 Å². The number of hydrogen-bond acceptors (Lipinski definition) is 2. The van der Waals surface area contributed by atoms with Crippen molar-refractivity contribution in [3.05, 3.63) is 0 Å². The van der Waals surface area contributed by atoms with Crippen molar-refractivity contribution in [2.24, 2.45) is 11.5 Å². The van der Waals surface area contributed by atoms with Crippen LogP contribution in [0.15, 0.2) is 0 Å². The summed E-state index contributed by atoms with van der Waals surface area (Å²) >= 11 is 0. The van der Waals surface area contributed by atoms with E-state index in [1.54, 1.807) is 0 Å². The van der Waals surface area contributed by atoms with Crippen molar-refractivity contribution >= 4 is 0 Å². The Hall–Kier alpha value is -0.0800. The molecule has 0 aliphatic carbocycles. The largest absolute Gasteiger partial charge is 0.316 e. The Morgan fingerprint density at radius 1 is 0.909 bits per heavy atom. The predicted molar refractivity (Wildman–Crippen MR) is 50.2 cm³/mol. The van der Waals surface area contributed by atoms with Crippen LogP contribution in [-0.2, 0) is 0 Å². The summed E-state index contributed by atoms with van der Waals surface area (Å²) < 4.78 is 0. The summed E-state index contributed by atoms with van der Waals surface area (Å²) in [5.74, 6) is 0. The van der Waals surface area contributed by atoms with E-state index in [2.05, 4.69) is 6.92 Å². The van der Waals surface area contributed by atoms with E-state index in [1.165, 1.54) is 38.5 Å². The van der Waals surface area contributed by atoms with Crippen LogP contribution in [0.5, 0.6) is 0 Å². The molecule has 0 amide bonds. The van der Waals surface area contributed by atoms with E-state index in [-0.39, 0.29) is 6.17 Å². The molecule has 0 radical (unpaired) electrons. The lowest BCUT2D eigenvalue weighted by Gasteiger charge is -2.03. The fourth-order valence-corrected chi connectivity index (χ4v) is 1.16. The molecule has 0 aromatic carbocycles. The van der Waals surface area contributed by atoms with Crippen molar-refractivity contribution in [1.29, 1.82) is 0 Å². The highest BCUT2D eigenvalue weighted by molar-refractivity contribution is 4.51. The average molecular weight is 158 g/mol. The zero-order valence-corrected chi connectivity index (χ0v) is 7.68. The third kappa shape index (κ3) is 9.92. The number of rotatable bonds is 7. The molecule has 0 aromatic rings. The van der Waals surface area contributed by atoms with Crippen molar-refractivity contribution in [2.45, 2.75) is 58.0 Å². The smallest absolute Gasteiger partial charge is 0.0520 e. The summed E-state index contributed by atoms with van der Waals surface area (Å²) in [5.41, 5.74) is 10.8. The molecule has 2 nitrogen and oxygen atoms in total. The van der Waals surface area contributed by atoms with Crippen LogP contribution in [-0.4, -0.2) is 6.17 Å². The lowest BCUT2D eigenvalue weighted by molar-refractivity contribution is 0.544. The van der Waals surface area contributed by atoms with Gasteiger partial charge in [-0.05, 0) is 6.42 Å². The molecule has 0 rings (SSSR count). The van der Waals surface area contributed by atoms with Crippen molar-refractivity contribution < 1.29 is 0 Å². The molecule has 0 unspecified atom stereocenters. The fraction of sp³-hybridized carbons (Fsp3) is 1.00. The number of hydrogen-bond donors (Lipinski definition) is 2. The zero-order chi connectivity index (χ0) is 8.53. The zero-order valence-electron chi connectivity index (χ0n) is 7.68. The Morgan fingerprint density at radius 3 is 2.00 bits per heavy atom. The molecule has 0 bridgehead atoms. The molecule has 0 saturated heterocycles. The van der Waals surface area contributed by atoms with E-state index in [0.717, 1.165) is 6.42 Å². The highest BCUT2D eigenvalue weighted by atomic mass is 14.8. The van der Waals surface area contributed by atoms with Crippen LogP contribution in [0, 0.1) is 0 Å². The maximum atomic E-state index is 5.41. The Bertz CT molecular complexity index is 72.0. The van der Waals surface area contributed by atoms with Gasteiger partial charge in [-0.1, -0.05) is 45.4 Å². The van der Waals surface area contributed by atoms with Gasteiger partial charge in [0, 0.05) is 0 Å². The second-order valence-electron chi connectivity index (χ2n) is 3.22. The van der Waals surface area contributed by atoms with Gasteiger partial charge in [0.05, 0.1) is 6.17 Å². The van der Waals surface area contributed by atoms with Crippen LogP contribution in [0.4, 0.5) is 0 Å². The Kier molecular flexibility index (Phi) is 7.96. The van der Waals surface area contributed by atoms with Gasteiger partial charge in [-0.3, -0.25) is 0 Å². The standard InChI is InChI=1S/C9H22N2/c1-2-3-4-5-6-7-8-9(10)11/h9H,2-8,10-11H2,1H3. The molecule has 68 valence electrons. The SMILES string of the molecule is CCCCCCCCC(N)N.